The van der Waals surface area contributed by atoms with E-state index in [0.717, 1.165) is 11.1 Å². The zero-order valence-corrected chi connectivity index (χ0v) is 11.1. The lowest BCUT2D eigenvalue weighted by Crippen LogP contribution is -1.93. The molecule has 1 aromatic heterocycles. The summed E-state index contributed by atoms with van der Waals surface area (Å²) in [5.41, 5.74) is 3.05. The number of rotatable bonds is 3. The number of hydrogen-bond acceptors (Lipinski definition) is 2. The highest BCUT2D eigenvalue weighted by molar-refractivity contribution is 7.71. The number of para-hydroxylation sites is 2. The summed E-state index contributed by atoms with van der Waals surface area (Å²) < 4.78 is 7.54. The van der Waals surface area contributed by atoms with Gasteiger partial charge in [-0.05, 0) is 29.9 Å². The minimum Gasteiger partial charge on any atom is -0.429 e. The molecule has 3 aromatic rings. The van der Waals surface area contributed by atoms with Gasteiger partial charge in [0.25, 0.3) is 4.84 Å². The van der Waals surface area contributed by atoms with Crippen LogP contribution in [0.1, 0.15) is 5.56 Å². The van der Waals surface area contributed by atoms with Crippen LogP contribution in [0, 0.1) is 4.84 Å². The molecule has 0 saturated heterocycles. The van der Waals surface area contributed by atoms with Crippen LogP contribution in [0.2, 0.25) is 0 Å². The molecule has 0 radical (unpaired) electrons. The van der Waals surface area contributed by atoms with Gasteiger partial charge < -0.3 is 4.42 Å². The molecule has 19 heavy (non-hydrogen) atoms. The maximum atomic E-state index is 5.55. The van der Waals surface area contributed by atoms with E-state index in [1.54, 1.807) is 0 Å². The number of oxazole rings is 1. The van der Waals surface area contributed by atoms with E-state index in [2.05, 4.69) is 24.3 Å². The molecule has 0 bridgehead atoms. The zero-order chi connectivity index (χ0) is 13.1. The van der Waals surface area contributed by atoms with E-state index in [-0.39, 0.29) is 0 Å². The van der Waals surface area contributed by atoms with Gasteiger partial charge in [0, 0.05) is 6.54 Å². The molecule has 0 aliphatic carbocycles. The maximum absolute atomic E-state index is 5.55. The van der Waals surface area contributed by atoms with Crippen molar-refractivity contribution in [3.05, 3.63) is 71.1 Å². The average Bonchev–Trinajstić information content (AvgIpc) is 2.76. The van der Waals surface area contributed by atoms with Gasteiger partial charge >= 0.3 is 0 Å². The highest BCUT2D eigenvalue weighted by atomic mass is 32.1. The second kappa shape index (κ2) is 5.24. The van der Waals surface area contributed by atoms with Crippen molar-refractivity contribution in [2.45, 2.75) is 6.54 Å². The Hall–Kier alpha value is -2.13. The smallest absolute Gasteiger partial charge is 0.269 e. The third-order valence-electron chi connectivity index (χ3n) is 2.97. The van der Waals surface area contributed by atoms with Gasteiger partial charge in [-0.1, -0.05) is 54.6 Å². The van der Waals surface area contributed by atoms with E-state index in [0.29, 0.717) is 11.4 Å². The lowest BCUT2D eigenvalue weighted by atomic mass is 10.2. The van der Waals surface area contributed by atoms with Gasteiger partial charge in [0.05, 0.1) is 5.52 Å². The largest absolute Gasteiger partial charge is 0.429 e. The first-order valence-corrected chi connectivity index (χ1v) is 6.55. The summed E-state index contributed by atoms with van der Waals surface area (Å²) in [4.78, 5) is 0.513. The highest BCUT2D eigenvalue weighted by Crippen LogP contribution is 2.17. The van der Waals surface area contributed by atoms with Crippen molar-refractivity contribution in [2.75, 3.05) is 0 Å². The molecule has 1 heterocycles. The lowest BCUT2D eigenvalue weighted by molar-refractivity contribution is 0.551. The van der Waals surface area contributed by atoms with Crippen molar-refractivity contribution in [3.8, 4) is 0 Å². The van der Waals surface area contributed by atoms with Crippen LogP contribution in [0.25, 0.3) is 17.2 Å². The van der Waals surface area contributed by atoms with Gasteiger partial charge in [-0.15, -0.1) is 0 Å². The van der Waals surface area contributed by atoms with Gasteiger partial charge in [0.2, 0.25) is 0 Å². The van der Waals surface area contributed by atoms with Crippen molar-refractivity contribution in [1.82, 2.24) is 4.57 Å². The fourth-order valence-electron chi connectivity index (χ4n) is 2.05. The Morgan fingerprint density at radius 3 is 2.58 bits per heavy atom. The molecule has 0 saturated carbocycles. The predicted molar refractivity (Wildman–Crippen MR) is 80.5 cm³/mol. The first-order valence-electron chi connectivity index (χ1n) is 6.14. The molecule has 3 heteroatoms. The number of nitrogens with zero attached hydrogens (tertiary/aromatic N) is 1. The van der Waals surface area contributed by atoms with Gasteiger partial charge in [-0.2, -0.15) is 0 Å². The molecule has 0 spiro atoms. The Kier molecular flexibility index (Phi) is 3.29. The fraction of sp³-hybridized carbons (Fsp3) is 0.0625. The molecule has 2 aromatic carbocycles. The molecular weight excluding hydrogens is 254 g/mol. The van der Waals surface area contributed by atoms with E-state index in [1.165, 1.54) is 5.56 Å². The molecule has 0 N–H and O–H groups in total. The Morgan fingerprint density at radius 2 is 1.74 bits per heavy atom. The number of benzene rings is 2. The van der Waals surface area contributed by atoms with Crippen molar-refractivity contribution in [2.24, 2.45) is 0 Å². The molecule has 94 valence electrons. The van der Waals surface area contributed by atoms with Gasteiger partial charge in [-0.25, -0.2) is 0 Å². The normalized spacial score (nSPS) is 11.4. The third-order valence-corrected chi connectivity index (χ3v) is 3.28. The second-order valence-corrected chi connectivity index (χ2v) is 4.61. The Morgan fingerprint density at radius 1 is 1.00 bits per heavy atom. The number of hydrogen-bond donors (Lipinski definition) is 0. The summed E-state index contributed by atoms with van der Waals surface area (Å²) in [6, 6.07) is 18.1. The van der Waals surface area contributed by atoms with E-state index in [4.69, 9.17) is 16.6 Å². The summed E-state index contributed by atoms with van der Waals surface area (Å²) in [6.45, 7) is 0.713. The van der Waals surface area contributed by atoms with Crippen LogP contribution in [-0.2, 0) is 6.54 Å². The van der Waals surface area contributed by atoms with E-state index in [9.17, 15) is 0 Å². The van der Waals surface area contributed by atoms with Crippen molar-refractivity contribution in [3.63, 3.8) is 0 Å². The van der Waals surface area contributed by atoms with E-state index in [1.807, 2.05) is 47.0 Å². The zero-order valence-electron chi connectivity index (χ0n) is 10.3. The Balaban J connectivity index is 1.88. The fourth-order valence-corrected chi connectivity index (χ4v) is 2.31. The Labute approximate surface area is 116 Å². The Bertz CT molecular complexity index is 768. The maximum Gasteiger partial charge on any atom is 0.269 e. The van der Waals surface area contributed by atoms with Crippen molar-refractivity contribution < 1.29 is 4.42 Å². The van der Waals surface area contributed by atoms with Gasteiger partial charge in [-0.3, -0.25) is 4.57 Å². The van der Waals surface area contributed by atoms with Crippen molar-refractivity contribution in [1.29, 1.82) is 0 Å². The quantitative estimate of drug-likeness (QED) is 0.641. The standard InChI is InChI=1S/C16H13NOS/c19-16-17(14-10-4-5-11-15(14)18-16)12-6-9-13-7-2-1-3-8-13/h1-11H,12H2/b9-6+. The lowest BCUT2D eigenvalue weighted by Gasteiger charge is -1.98. The third kappa shape index (κ3) is 2.51. The van der Waals surface area contributed by atoms with Crippen LogP contribution in [0.5, 0.6) is 0 Å². The van der Waals surface area contributed by atoms with E-state index >= 15 is 0 Å². The molecular formula is C16H13NOS. The summed E-state index contributed by atoms with van der Waals surface area (Å²) >= 11 is 5.25. The second-order valence-electron chi connectivity index (χ2n) is 4.26. The summed E-state index contributed by atoms with van der Waals surface area (Å²) in [5, 5.41) is 0. The van der Waals surface area contributed by atoms with E-state index < -0.39 is 0 Å². The molecule has 0 fully saturated rings. The average molecular weight is 267 g/mol. The molecule has 0 amide bonds. The highest BCUT2D eigenvalue weighted by Gasteiger charge is 2.03. The monoisotopic (exact) mass is 267 g/mol. The van der Waals surface area contributed by atoms with Gasteiger partial charge in [0.15, 0.2) is 5.58 Å². The SMILES string of the molecule is S=c1oc2ccccc2n1C/C=C/c1ccccc1. The number of allylic oxidation sites excluding steroid dienone is 1. The first kappa shape index (κ1) is 11.9. The van der Waals surface area contributed by atoms with Crippen LogP contribution in [0.3, 0.4) is 0 Å². The number of aromatic nitrogens is 1. The van der Waals surface area contributed by atoms with Crippen LogP contribution in [0.4, 0.5) is 0 Å². The minimum atomic E-state index is 0.513. The molecule has 0 aliphatic rings. The van der Waals surface area contributed by atoms with Crippen LogP contribution >= 0.6 is 12.2 Å². The topological polar surface area (TPSA) is 18.1 Å². The molecule has 0 aliphatic heterocycles. The molecule has 3 rings (SSSR count). The van der Waals surface area contributed by atoms with Gasteiger partial charge in [0.1, 0.15) is 0 Å². The summed E-state index contributed by atoms with van der Waals surface area (Å²) in [7, 11) is 0. The minimum absolute atomic E-state index is 0.513. The first-order chi connectivity index (χ1) is 9.34. The predicted octanol–water partition coefficient (Wildman–Crippen LogP) is 4.68. The molecule has 0 atom stereocenters. The number of fused-ring (bicyclic) bond motifs is 1. The molecule has 0 unspecified atom stereocenters. The molecule has 2 nitrogen and oxygen atoms in total. The van der Waals surface area contributed by atoms with Crippen LogP contribution < -0.4 is 0 Å². The summed E-state index contributed by atoms with van der Waals surface area (Å²) in [6.07, 6.45) is 4.18. The van der Waals surface area contributed by atoms with Crippen molar-refractivity contribution >= 4 is 29.4 Å². The van der Waals surface area contributed by atoms with Crippen LogP contribution in [-0.4, -0.2) is 4.57 Å². The summed E-state index contributed by atoms with van der Waals surface area (Å²) in [5.74, 6) is 0. The van der Waals surface area contributed by atoms with Crippen LogP contribution in [0.15, 0.2) is 65.1 Å².